The maximum absolute atomic E-state index is 2.31. The van der Waals surface area contributed by atoms with E-state index in [1.807, 2.05) is 0 Å². The summed E-state index contributed by atoms with van der Waals surface area (Å²) < 4.78 is 0. The van der Waals surface area contributed by atoms with Crippen molar-refractivity contribution in [2.75, 3.05) is 0 Å². The van der Waals surface area contributed by atoms with Crippen LogP contribution in [0.2, 0.25) is 0 Å². The fourth-order valence-corrected chi connectivity index (χ4v) is 2.08. The van der Waals surface area contributed by atoms with Gasteiger partial charge in [-0.1, -0.05) is 12.2 Å². The van der Waals surface area contributed by atoms with E-state index in [9.17, 15) is 0 Å². The minimum Gasteiger partial charge on any atom is -0.152 e. The van der Waals surface area contributed by atoms with Crippen LogP contribution in [0, 0.1) is 0 Å². The monoisotopic (exact) mass is 112 g/mol. The van der Waals surface area contributed by atoms with Crippen molar-refractivity contribution < 1.29 is 0 Å². The molecule has 0 aromatic rings. The molecule has 2 unspecified atom stereocenters. The zero-order valence-electron chi connectivity index (χ0n) is 4.13. The van der Waals surface area contributed by atoms with Crippen molar-refractivity contribution in [3.05, 3.63) is 12.2 Å². The van der Waals surface area contributed by atoms with E-state index in [2.05, 4.69) is 23.9 Å². The maximum atomic E-state index is 2.31. The molecule has 2 rings (SSSR count). The summed E-state index contributed by atoms with van der Waals surface area (Å²) in [6.07, 6.45) is 7.30. The zero-order valence-corrected chi connectivity index (χ0v) is 4.95. The molecule has 0 bridgehead atoms. The topological polar surface area (TPSA) is 0 Å². The van der Waals surface area contributed by atoms with Gasteiger partial charge in [0.25, 0.3) is 0 Å². The highest BCUT2D eigenvalue weighted by Crippen LogP contribution is 2.48. The molecule has 2 aliphatic rings. The SMILES string of the molecule is C1=CCC2SC2C1. The summed E-state index contributed by atoms with van der Waals surface area (Å²) >= 11 is 2.14. The first kappa shape index (κ1) is 4.02. The van der Waals surface area contributed by atoms with Gasteiger partial charge in [0.15, 0.2) is 0 Å². The molecule has 0 aromatic heterocycles. The lowest BCUT2D eigenvalue weighted by Crippen LogP contribution is -1.94. The van der Waals surface area contributed by atoms with Crippen LogP contribution >= 0.6 is 11.8 Å². The molecule has 0 radical (unpaired) electrons. The van der Waals surface area contributed by atoms with Crippen LogP contribution in [0.4, 0.5) is 0 Å². The lowest BCUT2D eigenvalue weighted by atomic mass is 10.1. The molecule has 0 amide bonds. The Kier molecular flexibility index (Phi) is 0.736. The second kappa shape index (κ2) is 1.28. The number of thioether (sulfide) groups is 1. The predicted molar refractivity (Wildman–Crippen MR) is 33.5 cm³/mol. The Bertz CT molecular complexity index is 94.7. The van der Waals surface area contributed by atoms with Crippen molar-refractivity contribution in [3.63, 3.8) is 0 Å². The number of allylic oxidation sites excluding steroid dienone is 2. The average Bonchev–Trinajstić information content (AvgIpc) is 2.41. The highest BCUT2D eigenvalue weighted by atomic mass is 32.2. The Morgan fingerprint density at radius 2 is 1.71 bits per heavy atom. The van der Waals surface area contributed by atoms with E-state index < -0.39 is 0 Å². The Balaban J connectivity index is 2.10. The largest absolute Gasteiger partial charge is 0.152 e. The molecule has 0 nitrogen and oxygen atoms in total. The van der Waals surface area contributed by atoms with Gasteiger partial charge in [0, 0.05) is 10.5 Å². The van der Waals surface area contributed by atoms with Gasteiger partial charge in [0.1, 0.15) is 0 Å². The smallest absolute Gasteiger partial charge is 0.0207 e. The molecule has 7 heavy (non-hydrogen) atoms. The molecule has 1 heteroatoms. The van der Waals surface area contributed by atoms with Crippen molar-refractivity contribution in [1.29, 1.82) is 0 Å². The summed E-state index contributed by atoms with van der Waals surface area (Å²) in [5.74, 6) is 0. The summed E-state index contributed by atoms with van der Waals surface area (Å²) in [4.78, 5) is 0. The van der Waals surface area contributed by atoms with E-state index >= 15 is 0 Å². The first-order valence-electron chi connectivity index (χ1n) is 2.77. The summed E-state index contributed by atoms with van der Waals surface area (Å²) in [5.41, 5.74) is 0. The van der Waals surface area contributed by atoms with Crippen LogP contribution in [0.15, 0.2) is 12.2 Å². The van der Waals surface area contributed by atoms with E-state index in [4.69, 9.17) is 0 Å². The van der Waals surface area contributed by atoms with Crippen molar-refractivity contribution in [2.24, 2.45) is 0 Å². The summed E-state index contributed by atoms with van der Waals surface area (Å²) in [6.45, 7) is 0. The average molecular weight is 112 g/mol. The quantitative estimate of drug-likeness (QED) is 0.340. The van der Waals surface area contributed by atoms with Gasteiger partial charge in [-0.3, -0.25) is 0 Å². The van der Waals surface area contributed by atoms with E-state index in [1.165, 1.54) is 12.8 Å². The second-order valence-corrected chi connectivity index (χ2v) is 3.64. The molecule has 1 saturated heterocycles. The van der Waals surface area contributed by atoms with Crippen LogP contribution < -0.4 is 0 Å². The minimum atomic E-state index is 1.03. The zero-order chi connectivity index (χ0) is 4.69. The maximum Gasteiger partial charge on any atom is 0.0207 e. The van der Waals surface area contributed by atoms with Gasteiger partial charge in [-0.05, 0) is 12.8 Å². The molecule has 1 aliphatic carbocycles. The molecule has 2 atom stereocenters. The Labute approximate surface area is 48.0 Å². The highest BCUT2D eigenvalue weighted by molar-refractivity contribution is 8.07. The van der Waals surface area contributed by atoms with Crippen LogP contribution in [-0.4, -0.2) is 10.5 Å². The molecule has 0 spiro atoms. The number of hydrogen-bond acceptors (Lipinski definition) is 1. The summed E-state index contributed by atoms with van der Waals surface area (Å²) in [6, 6.07) is 0. The van der Waals surface area contributed by atoms with E-state index in [0.29, 0.717) is 0 Å². The molecule has 1 heterocycles. The standard InChI is InChI=1S/C6H8S/c1-2-4-6-5(3-1)7-6/h1-2,5-6H,3-4H2. The lowest BCUT2D eigenvalue weighted by Gasteiger charge is -1.94. The molecule has 1 fully saturated rings. The number of hydrogen-bond donors (Lipinski definition) is 0. The van der Waals surface area contributed by atoms with Crippen LogP contribution in [0.1, 0.15) is 12.8 Å². The minimum absolute atomic E-state index is 1.03. The highest BCUT2D eigenvalue weighted by Gasteiger charge is 2.37. The molecule has 0 N–H and O–H groups in total. The van der Waals surface area contributed by atoms with E-state index in [1.54, 1.807) is 0 Å². The molecular formula is C6H8S. The van der Waals surface area contributed by atoms with Crippen molar-refractivity contribution >= 4 is 11.8 Å². The third-order valence-corrected chi connectivity index (χ3v) is 3.02. The van der Waals surface area contributed by atoms with Gasteiger partial charge in [-0.2, -0.15) is 11.8 Å². The molecular weight excluding hydrogens is 104 g/mol. The van der Waals surface area contributed by atoms with E-state index in [-0.39, 0.29) is 0 Å². The van der Waals surface area contributed by atoms with Crippen LogP contribution in [0.25, 0.3) is 0 Å². The second-order valence-electron chi connectivity index (χ2n) is 2.16. The fraction of sp³-hybridized carbons (Fsp3) is 0.667. The predicted octanol–water partition coefficient (Wildman–Crippen LogP) is 1.82. The molecule has 0 saturated carbocycles. The Hall–Kier alpha value is 0.0900. The first-order chi connectivity index (χ1) is 3.47. The third kappa shape index (κ3) is 0.595. The lowest BCUT2D eigenvalue weighted by molar-refractivity contribution is 0.854. The number of fused-ring (bicyclic) bond motifs is 1. The van der Waals surface area contributed by atoms with Crippen LogP contribution in [0.5, 0.6) is 0 Å². The van der Waals surface area contributed by atoms with Crippen molar-refractivity contribution in [1.82, 2.24) is 0 Å². The fourth-order valence-electron chi connectivity index (χ4n) is 1.05. The van der Waals surface area contributed by atoms with Gasteiger partial charge < -0.3 is 0 Å². The van der Waals surface area contributed by atoms with E-state index in [0.717, 1.165) is 10.5 Å². The molecule has 0 aromatic carbocycles. The van der Waals surface area contributed by atoms with Gasteiger partial charge in [0.2, 0.25) is 0 Å². The Morgan fingerprint density at radius 3 is 2.14 bits per heavy atom. The third-order valence-electron chi connectivity index (χ3n) is 1.59. The van der Waals surface area contributed by atoms with Crippen molar-refractivity contribution in [3.8, 4) is 0 Å². The number of rotatable bonds is 0. The summed E-state index contributed by atoms with van der Waals surface area (Å²) in [7, 11) is 0. The van der Waals surface area contributed by atoms with Crippen LogP contribution in [0.3, 0.4) is 0 Å². The van der Waals surface area contributed by atoms with Gasteiger partial charge in [-0.25, -0.2) is 0 Å². The van der Waals surface area contributed by atoms with Gasteiger partial charge in [-0.15, -0.1) is 0 Å². The molecule has 1 aliphatic heterocycles. The van der Waals surface area contributed by atoms with Gasteiger partial charge >= 0.3 is 0 Å². The van der Waals surface area contributed by atoms with Crippen LogP contribution in [-0.2, 0) is 0 Å². The Morgan fingerprint density at radius 1 is 1.14 bits per heavy atom. The molecule has 38 valence electrons. The van der Waals surface area contributed by atoms with Crippen molar-refractivity contribution in [2.45, 2.75) is 23.3 Å². The van der Waals surface area contributed by atoms with Gasteiger partial charge in [0.05, 0.1) is 0 Å². The normalized spacial score (nSPS) is 45.7. The summed E-state index contributed by atoms with van der Waals surface area (Å²) in [5, 5.41) is 2.06. The first-order valence-corrected chi connectivity index (χ1v) is 3.71.